The minimum atomic E-state index is 0.973. The van der Waals surface area contributed by atoms with Crippen LogP contribution in [0.2, 0.25) is 0 Å². The summed E-state index contributed by atoms with van der Waals surface area (Å²) in [6, 6.07) is 2.10. The molecule has 0 spiro atoms. The van der Waals surface area contributed by atoms with Crippen LogP contribution in [-0.4, -0.2) is 16.9 Å². The number of thiophene rings is 1. The lowest BCUT2D eigenvalue weighted by Crippen LogP contribution is -2.16. The molecule has 2 aromatic heterocycles. The number of rotatable bonds is 4. The van der Waals surface area contributed by atoms with Crippen LogP contribution in [0.5, 0.6) is 0 Å². The molecule has 0 unspecified atom stereocenters. The Morgan fingerprint density at radius 2 is 2.06 bits per heavy atom. The molecule has 0 amide bonds. The first kappa shape index (κ1) is 12.2. The molecule has 2 heterocycles. The molecule has 2 nitrogen and oxygen atoms in total. The maximum Gasteiger partial charge on any atom is 0.0798 e. The molecule has 0 aliphatic rings. The van der Waals surface area contributed by atoms with Gasteiger partial charge >= 0.3 is 0 Å². The molecule has 0 atom stereocenters. The van der Waals surface area contributed by atoms with Crippen LogP contribution in [0.1, 0.15) is 15.4 Å². The highest BCUT2D eigenvalue weighted by Crippen LogP contribution is 2.24. The Morgan fingerprint density at radius 3 is 2.62 bits per heavy atom. The van der Waals surface area contributed by atoms with E-state index in [1.807, 2.05) is 5.51 Å². The van der Waals surface area contributed by atoms with E-state index in [2.05, 4.69) is 51.2 Å². The van der Waals surface area contributed by atoms with E-state index in [-0.39, 0.29) is 0 Å². The molecule has 86 valence electrons. The van der Waals surface area contributed by atoms with Crippen molar-refractivity contribution in [2.45, 2.75) is 20.0 Å². The second-order valence-corrected chi connectivity index (χ2v) is 6.52. The summed E-state index contributed by atoms with van der Waals surface area (Å²) >= 11 is 7.09. The summed E-state index contributed by atoms with van der Waals surface area (Å²) in [5.41, 5.74) is 3.07. The molecule has 0 saturated heterocycles. The van der Waals surface area contributed by atoms with E-state index in [1.54, 1.807) is 22.7 Å². The number of thiazole rings is 1. The average Bonchev–Trinajstić information content (AvgIpc) is 2.79. The zero-order valence-electron chi connectivity index (χ0n) is 9.24. The van der Waals surface area contributed by atoms with E-state index >= 15 is 0 Å². The molecule has 0 saturated carbocycles. The molecule has 5 heteroatoms. The van der Waals surface area contributed by atoms with Crippen LogP contribution < -0.4 is 0 Å². The minimum Gasteiger partial charge on any atom is -0.296 e. The Bertz CT molecular complexity index is 422. The fraction of sp³-hybridized carbons (Fsp3) is 0.364. The Hall–Kier alpha value is -0.230. The maximum atomic E-state index is 4.27. The smallest absolute Gasteiger partial charge is 0.0798 e. The SMILES string of the molecule is Cc1ncsc1CN(C)Cc1sccc1Br. The first-order valence-corrected chi connectivity index (χ1v) is 7.51. The van der Waals surface area contributed by atoms with Crippen molar-refractivity contribution in [2.75, 3.05) is 7.05 Å². The highest BCUT2D eigenvalue weighted by Gasteiger charge is 2.08. The summed E-state index contributed by atoms with van der Waals surface area (Å²) < 4.78 is 1.21. The summed E-state index contributed by atoms with van der Waals surface area (Å²) in [6.45, 7) is 4.02. The van der Waals surface area contributed by atoms with Crippen LogP contribution >= 0.6 is 38.6 Å². The van der Waals surface area contributed by atoms with Gasteiger partial charge < -0.3 is 0 Å². The summed E-state index contributed by atoms with van der Waals surface area (Å²) in [7, 11) is 2.14. The second kappa shape index (κ2) is 5.40. The molecular formula is C11H13BrN2S2. The molecule has 0 radical (unpaired) electrons. The monoisotopic (exact) mass is 316 g/mol. The summed E-state index contributed by atoms with van der Waals surface area (Å²) in [6.07, 6.45) is 0. The topological polar surface area (TPSA) is 16.1 Å². The molecule has 0 bridgehead atoms. The van der Waals surface area contributed by atoms with Crippen LogP contribution in [0.3, 0.4) is 0 Å². The molecule has 0 aliphatic carbocycles. The lowest BCUT2D eigenvalue weighted by molar-refractivity contribution is 0.323. The molecule has 0 fully saturated rings. The molecule has 0 aliphatic heterocycles. The molecule has 2 rings (SSSR count). The highest BCUT2D eigenvalue weighted by atomic mass is 79.9. The van der Waals surface area contributed by atoms with E-state index in [0.29, 0.717) is 0 Å². The van der Waals surface area contributed by atoms with Crippen molar-refractivity contribution in [2.24, 2.45) is 0 Å². The van der Waals surface area contributed by atoms with E-state index in [9.17, 15) is 0 Å². The van der Waals surface area contributed by atoms with Gasteiger partial charge in [-0.05, 0) is 41.3 Å². The lowest BCUT2D eigenvalue weighted by Gasteiger charge is -2.15. The predicted molar refractivity (Wildman–Crippen MR) is 74.0 cm³/mol. The highest BCUT2D eigenvalue weighted by molar-refractivity contribution is 9.10. The molecule has 2 aromatic rings. The van der Waals surface area contributed by atoms with Gasteiger partial charge in [0.2, 0.25) is 0 Å². The quantitative estimate of drug-likeness (QED) is 0.850. The number of aryl methyl sites for hydroxylation is 1. The number of nitrogens with zero attached hydrogens (tertiary/aromatic N) is 2. The normalized spacial score (nSPS) is 11.2. The number of hydrogen-bond donors (Lipinski definition) is 0. The van der Waals surface area contributed by atoms with E-state index in [0.717, 1.165) is 18.8 Å². The van der Waals surface area contributed by atoms with Crippen molar-refractivity contribution in [1.82, 2.24) is 9.88 Å². The van der Waals surface area contributed by atoms with Crippen LogP contribution in [0.4, 0.5) is 0 Å². The Kier molecular flexibility index (Phi) is 4.13. The first-order valence-electron chi connectivity index (χ1n) is 4.96. The fourth-order valence-corrected chi connectivity index (χ4v) is 3.88. The molecule has 16 heavy (non-hydrogen) atoms. The predicted octanol–water partition coefficient (Wildman–Crippen LogP) is 3.91. The van der Waals surface area contributed by atoms with E-state index in [1.165, 1.54) is 14.2 Å². The molecule has 0 aromatic carbocycles. The van der Waals surface area contributed by atoms with Gasteiger partial charge in [-0.15, -0.1) is 22.7 Å². The van der Waals surface area contributed by atoms with E-state index < -0.39 is 0 Å². The van der Waals surface area contributed by atoms with Crippen molar-refractivity contribution in [3.05, 3.63) is 36.9 Å². The van der Waals surface area contributed by atoms with Crippen LogP contribution in [0.15, 0.2) is 21.4 Å². The fourth-order valence-electron chi connectivity index (χ4n) is 1.46. The van der Waals surface area contributed by atoms with Crippen molar-refractivity contribution in [3.63, 3.8) is 0 Å². The van der Waals surface area contributed by atoms with Crippen LogP contribution in [0.25, 0.3) is 0 Å². The van der Waals surface area contributed by atoms with Gasteiger partial charge in [0, 0.05) is 27.3 Å². The van der Waals surface area contributed by atoms with Gasteiger partial charge in [-0.3, -0.25) is 4.90 Å². The summed E-state index contributed by atoms with van der Waals surface area (Å²) in [4.78, 5) is 9.32. The van der Waals surface area contributed by atoms with Gasteiger partial charge in [0.25, 0.3) is 0 Å². The van der Waals surface area contributed by atoms with Crippen LogP contribution in [-0.2, 0) is 13.1 Å². The Labute approximate surface area is 112 Å². The van der Waals surface area contributed by atoms with Gasteiger partial charge in [0.1, 0.15) is 0 Å². The van der Waals surface area contributed by atoms with E-state index in [4.69, 9.17) is 0 Å². The second-order valence-electron chi connectivity index (χ2n) is 3.72. The van der Waals surface area contributed by atoms with Gasteiger partial charge in [0.05, 0.1) is 11.2 Å². The molecule has 0 N–H and O–H groups in total. The van der Waals surface area contributed by atoms with Crippen molar-refractivity contribution < 1.29 is 0 Å². The van der Waals surface area contributed by atoms with Gasteiger partial charge in [-0.25, -0.2) is 4.98 Å². The Morgan fingerprint density at radius 1 is 1.31 bits per heavy atom. The minimum absolute atomic E-state index is 0.973. The van der Waals surface area contributed by atoms with Crippen LogP contribution in [0, 0.1) is 6.92 Å². The number of halogens is 1. The summed E-state index contributed by atoms with van der Waals surface area (Å²) in [5, 5.41) is 2.12. The van der Waals surface area contributed by atoms with Crippen molar-refractivity contribution >= 4 is 38.6 Å². The number of aromatic nitrogens is 1. The maximum absolute atomic E-state index is 4.27. The zero-order valence-corrected chi connectivity index (χ0v) is 12.5. The van der Waals surface area contributed by atoms with Crippen molar-refractivity contribution in [1.29, 1.82) is 0 Å². The third kappa shape index (κ3) is 2.91. The first-order chi connectivity index (χ1) is 7.66. The van der Waals surface area contributed by atoms with Gasteiger partial charge in [-0.1, -0.05) is 0 Å². The van der Waals surface area contributed by atoms with Gasteiger partial charge in [0.15, 0.2) is 0 Å². The largest absolute Gasteiger partial charge is 0.296 e. The third-order valence-corrected chi connectivity index (χ3v) is 5.19. The standard InChI is InChI=1S/C11H13BrN2S2/c1-8-10(16-7-13-8)5-14(2)6-11-9(12)3-4-15-11/h3-4,7H,5-6H2,1-2H3. The summed E-state index contributed by atoms with van der Waals surface area (Å²) in [5.74, 6) is 0. The average molecular weight is 317 g/mol. The third-order valence-electron chi connectivity index (χ3n) is 2.36. The Balaban J connectivity index is 1.97. The zero-order chi connectivity index (χ0) is 11.5. The van der Waals surface area contributed by atoms with Crippen molar-refractivity contribution in [3.8, 4) is 0 Å². The molecular weight excluding hydrogens is 304 g/mol. The van der Waals surface area contributed by atoms with Gasteiger partial charge in [-0.2, -0.15) is 0 Å². The number of hydrogen-bond acceptors (Lipinski definition) is 4. The lowest BCUT2D eigenvalue weighted by atomic mass is 10.3.